The smallest absolute Gasteiger partial charge is 0.0834 e. The lowest BCUT2D eigenvalue weighted by Gasteiger charge is -2.22. The molecule has 0 spiro atoms. The average Bonchev–Trinajstić information content (AvgIpc) is 2.46. The van der Waals surface area contributed by atoms with Gasteiger partial charge in [-0.1, -0.05) is 0 Å². The van der Waals surface area contributed by atoms with E-state index in [0.717, 1.165) is 25.2 Å². The summed E-state index contributed by atoms with van der Waals surface area (Å²) in [7, 11) is 2.13. The van der Waals surface area contributed by atoms with E-state index in [1.807, 2.05) is 6.92 Å². The van der Waals surface area contributed by atoms with Crippen LogP contribution in [0.2, 0.25) is 0 Å². The summed E-state index contributed by atoms with van der Waals surface area (Å²) in [5, 5.41) is 7.33. The molecule has 1 aromatic heterocycles. The second kappa shape index (κ2) is 3.12. The maximum atomic E-state index is 5.83. The van der Waals surface area contributed by atoms with Gasteiger partial charge in [-0.3, -0.25) is 5.10 Å². The molecule has 1 atom stereocenters. The third kappa shape index (κ3) is 1.47. The quantitative estimate of drug-likeness (QED) is 0.658. The van der Waals surface area contributed by atoms with Crippen molar-refractivity contribution in [2.45, 2.75) is 25.9 Å². The van der Waals surface area contributed by atoms with Crippen molar-refractivity contribution < 1.29 is 0 Å². The molecule has 72 valence electrons. The number of aromatic amines is 1. The van der Waals surface area contributed by atoms with Gasteiger partial charge in [0.15, 0.2) is 0 Å². The summed E-state index contributed by atoms with van der Waals surface area (Å²) in [6.07, 6.45) is 1.06. The summed E-state index contributed by atoms with van der Waals surface area (Å²) >= 11 is 0. The highest BCUT2D eigenvalue weighted by Crippen LogP contribution is 2.22. The van der Waals surface area contributed by atoms with Crippen LogP contribution in [-0.2, 0) is 13.0 Å². The molecule has 13 heavy (non-hydrogen) atoms. The number of aromatic nitrogens is 2. The molecule has 0 saturated heterocycles. The van der Waals surface area contributed by atoms with Crippen molar-refractivity contribution >= 4 is 0 Å². The fourth-order valence-electron chi connectivity index (χ4n) is 1.83. The topological polar surface area (TPSA) is 57.9 Å². The van der Waals surface area contributed by atoms with Gasteiger partial charge in [0.2, 0.25) is 0 Å². The van der Waals surface area contributed by atoms with E-state index in [4.69, 9.17) is 5.73 Å². The number of nitrogens with one attached hydrogen (secondary N) is 1. The molecule has 0 aromatic carbocycles. The molecule has 0 bridgehead atoms. The molecule has 2 rings (SSSR count). The van der Waals surface area contributed by atoms with Crippen molar-refractivity contribution in [1.82, 2.24) is 15.1 Å². The van der Waals surface area contributed by atoms with E-state index in [0.29, 0.717) is 0 Å². The number of nitrogens with two attached hydrogens (primary N) is 1. The van der Waals surface area contributed by atoms with E-state index in [9.17, 15) is 0 Å². The summed E-state index contributed by atoms with van der Waals surface area (Å²) in [5.74, 6) is 0. The number of fused-ring (bicyclic) bond motifs is 1. The Kier molecular flexibility index (Phi) is 2.09. The molecule has 1 aliphatic heterocycles. The van der Waals surface area contributed by atoms with Gasteiger partial charge in [0.1, 0.15) is 0 Å². The van der Waals surface area contributed by atoms with E-state index in [2.05, 4.69) is 22.1 Å². The number of nitrogens with zero attached hydrogens (tertiary/aromatic N) is 2. The van der Waals surface area contributed by atoms with Crippen LogP contribution in [0.5, 0.6) is 0 Å². The van der Waals surface area contributed by atoms with Crippen LogP contribution < -0.4 is 5.73 Å². The molecule has 0 amide bonds. The largest absolute Gasteiger partial charge is 0.323 e. The third-order valence-electron chi connectivity index (χ3n) is 2.59. The minimum absolute atomic E-state index is 0.0338. The van der Waals surface area contributed by atoms with Gasteiger partial charge in [0, 0.05) is 36.8 Å². The molecule has 0 fully saturated rings. The maximum Gasteiger partial charge on any atom is 0.0834 e. The number of hydrogen-bond donors (Lipinski definition) is 2. The van der Waals surface area contributed by atoms with Crippen LogP contribution in [0.4, 0.5) is 0 Å². The van der Waals surface area contributed by atoms with Gasteiger partial charge in [-0.2, -0.15) is 5.10 Å². The van der Waals surface area contributed by atoms with E-state index < -0.39 is 0 Å². The molecule has 0 saturated carbocycles. The second-order valence-electron chi connectivity index (χ2n) is 3.84. The molecule has 0 unspecified atom stereocenters. The van der Waals surface area contributed by atoms with Crippen molar-refractivity contribution in [3.63, 3.8) is 0 Å². The van der Waals surface area contributed by atoms with Crippen LogP contribution >= 0.6 is 0 Å². The van der Waals surface area contributed by atoms with Gasteiger partial charge in [-0.05, 0) is 14.0 Å². The van der Waals surface area contributed by atoms with Crippen LogP contribution in [-0.4, -0.2) is 28.7 Å². The minimum Gasteiger partial charge on any atom is -0.323 e. The highest BCUT2D eigenvalue weighted by Gasteiger charge is 2.20. The van der Waals surface area contributed by atoms with Crippen molar-refractivity contribution in [1.29, 1.82) is 0 Å². The van der Waals surface area contributed by atoms with Crippen molar-refractivity contribution in [2.24, 2.45) is 5.73 Å². The first-order valence-electron chi connectivity index (χ1n) is 4.68. The Labute approximate surface area is 78.1 Å². The lowest BCUT2D eigenvalue weighted by Crippen LogP contribution is -2.27. The molecular weight excluding hydrogens is 164 g/mol. The Morgan fingerprint density at radius 1 is 1.62 bits per heavy atom. The summed E-state index contributed by atoms with van der Waals surface area (Å²) in [6.45, 7) is 4.06. The SMILES string of the molecule is C[C@H](N)c1n[nH]c2c1CN(C)CC2. The summed E-state index contributed by atoms with van der Waals surface area (Å²) in [5.41, 5.74) is 9.43. The normalized spacial score (nSPS) is 19.9. The summed E-state index contributed by atoms with van der Waals surface area (Å²) in [6, 6.07) is 0.0338. The average molecular weight is 180 g/mol. The molecule has 2 heterocycles. The number of rotatable bonds is 1. The first-order valence-corrected chi connectivity index (χ1v) is 4.68. The van der Waals surface area contributed by atoms with Gasteiger partial charge in [0.05, 0.1) is 5.69 Å². The van der Waals surface area contributed by atoms with Crippen molar-refractivity contribution in [2.75, 3.05) is 13.6 Å². The van der Waals surface area contributed by atoms with Crippen LogP contribution in [0, 0.1) is 0 Å². The van der Waals surface area contributed by atoms with Crippen LogP contribution in [0.15, 0.2) is 0 Å². The van der Waals surface area contributed by atoms with Crippen LogP contribution in [0.25, 0.3) is 0 Å². The van der Waals surface area contributed by atoms with Crippen molar-refractivity contribution in [3.8, 4) is 0 Å². The lowest BCUT2D eigenvalue weighted by molar-refractivity contribution is 0.310. The Bertz CT molecular complexity index is 303. The third-order valence-corrected chi connectivity index (χ3v) is 2.59. The van der Waals surface area contributed by atoms with Crippen LogP contribution in [0.1, 0.15) is 29.9 Å². The summed E-state index contributed by atoms with van der Waals surface area (Å²) < 4.78 is 0. The lowest BCUT2D eigenvalue weighted by atomic mass is 10.0. The molecule has 0 radical (unpaired) electrons. The zero-order valence-electron chi connectivity index (χ0n) is 8.17. The fourth-order valence-corrected chi connectivity index (χ4v) is 1.83. The Hall–Kier alpha value is -0.870. The second-order valence-corrected chi connectivity index (χ2v) is 3.84. The van der Waals surface area contributed by atoms with Gasteiger partial charge >= 0.3 is 0 Å². The van der Waals surface area contributed by atoms with E-state index in [1.54, 1.807) is 0 Å². The Morgan fingerprint density at radius 3 is 3.08 bits per heavy atom. The predicted octanol–water partition coefficient (Wildman–Crippen LogP) is 0.417. The number of H-pyrrole nitrogens is 1. The zero-order chi connectivity index (χ0) is 9.42. The first-order chi connectivity index (χ1) is 6.18. The first kappa shape index (κ1) is 8.72. The van der Waals surface area contributed by atoms with E-state index >= 15 is 0 Å². The molecule has 1 aromatic rings. The Balaban J connectivity index is 2.35. The summed E-state index contributed by atoms with van der Waals surface area (Å²) in [4.78, 5) is 2.30. The Morgan fingerprint density at radius 2 is 2.38 bits per heavy atom. The molecule has 1 aliphatic rings. The molecule has 0 aliphatic carbocycles. The monoisotopic (exact) mass is 180 g/mol. The molecule has 3 N–H and O–H groups in total. The van der Waals surface area contributed by atoms with E-state index in [1.165, 1.54) is 11.3 Å². The standard InChI is InChI=1S/C9H16N4/c1-6(10)9-7-5-13(2)4-3-8(7)11-12-9/h6H,3-5,10H2,1-2H3,(H,11,12)/t6-/m0/s1. The van der Waals surface area contributed by atoms with Crippen molar-refractivity contribution in [3.05, 3.63) is 17.0 Å². The number of likely N-dealkylation sites (N-methyl/N-ethyl adjacent to an activating group) is 1. The highest BCUT2D eigenvalue weighted by atomic mass is 15.2. The fraction of sp³-hybridized carbons (Fsp3) is 0.667. The van der Waals surface area contributed by atoms with E-state index in [-0.39, 0.29) is 6.04 Å². The van der Waals surface area contributed by atoms with Crippen LogP contribution in [0.3, 0.4) is 0 Å². The van der Waals surface area contributed by atoms with Gasteiger partial charge in [0.25, 0.3) is 0 Å². The zero-order valence-corrected chi connectivity index (χ0v) is 8.17. The van der Waals surface area contributed by atoms with Gasteiger partial charge < -0.3 is 10.6 Å². The number of hydrogen-bond acceptors (Lipinski definition) is 3. The van der Waals surface area contributed by atoms with Gasteiger partial charge in [-0.15, -0.1) is 0 Å². The molecule has 4 nitrogen and oxygen atoms in total. The minimum atomic E-state index is 0.0338. The molecular formula is C9H16N4. The maximum absolute atomic E-state index is 5.83. The molecule has 4 heteroatoms. The highest BCUT2D eigenvalue weighted by molar-refractivity contribution is 5.29. The predicted molar refractivity (Wildman–Crippen MR) is 51.2 cm³/mol. The van der Waals surface area contributed by atoms with Gasteiger partial charge in [-0.25, -0.2) is 0 Å².